The van der Waals surface area contributed by atoms with Gasteiger partial charge in [0.15, 0.2) is 5.69 Å². The van der Waals surface area contributed by atoms with Crippen molar-refractivity contribution in [1.82, 2.24) is 19.6 Å². The number of rotatable bonds is 6. The van der Waals surface area contributed by atoms with Crippen LogP contribution in [0.25, 0.3) is 0 Å². The molecule has 1 N–H and O–H groups in total. The Balaban J connectivity index is 2.18. The molecule has 0 fully saturated rings. The lowest BCUT2D eigenvalue weighted by Gasteiger charge is -2.07. The molecule has 0 bridgehead atoms. The first kappa shape index (κ1) is 17.6. The topological polar surface area (TPSA) is 91.0 Å². The number of carbonyl (C=O) groups is 2. The van der Waals surface area contributed by atoms with Crippen molar-refractivity contribution in [3.63, 3.8) is 0 Å². The number of methoxy groups -OCH3 is 1. The van der Waals surface area contributed by atoms with Crippen molar-refractivity contribution in [2.24, 2.45) is 0 Å². The molecule has 1 amide bonds. The Labute approximate surface area is 136 Å². The van der Waals surface area contributed by atoms with Gasteiger partial charge in [-0.25, -0.2) is 13.6 Å². The zero-order valence-corrected chi connectivity index (χ0v) is 13.4. The molecule has 0 saturated carbocycles. The monoisotopic (exact) mass is 341 g/mol. The maximum absolute atomic E-state index is 12.9. The molecule has 0 aliphatic carbocycles. The summed E-state index contributed by atoms with van der Waals surface area (Å²) in [4.78, 5) is 23.8. The number of amides is 1. The smallest absolute Gasteiger partial charge is 0.360 e. The zero-order chi connectivity index (χ0) is 17.9. The van der Waals surface area contributed by atoms with E-state index in [9.17, 15) is 18.4 Å². The minimum atomic E-state index is -2.74. The van der Waals surface area contributed by atoms with E-state index in [0.717, 1.165) is 4.68 Å². The first-order chi connectivity index (χ1) is 11.3. The molecule has 0 saturated heterocycles. The van der Waals surface area contributed by atoms with E-state index in [2.05, 4.69) is 20.3 Å². The fourth-order valence-electron chi connectivity index (χ4n) is 2.12. The molecule has 2 heterocycles. The van der Waals surface area contributed by atoms with Crippen molar-refractivity contribution >= 4 is 17.6 Å². The number of nitrogens with one attached hydrogen (secondary N) is 1. The number of aryl methyl sites for hydroxylation is 2. The van der Waals surface area contributed by atoms with E-state index < -0.39 is 24.8 Å². The number of hydrogen-bond donors (Lipinski definition) is 1. The summed E-state index contributed by atoms with van der Waals surface area (Å²) in [5.41, 5.74) is 0.127. The Morgan fingerprint density at radius 2 is 2.08 bits per heavy atom. The second-order valence-corrected chi connectivity index (χ2v) is 4.96. The largest absolute Gasteiger partial charge is 0.464 e. The normalized spacial score (nSPS) is 10.9. The van der Waals surface area contributed by atoms with Crippen molar-refractivity contribution in [2.75, 3.05) is 12.4 Å². The summed E-state index contributed by atoms with van der Waals surface area (Å²) in [7, 11) is 1.19. The molecular formula is C14H17F2N5O3. The molecule has 10 heteroatoms. The molecule has 0 aliphatic heterocycles. The van der Waals surface area contributed by atoms with Gasteiger partial charge in [-0.3, -0.25) is 14.2 Å². The van der Waals surface area contributed by atoms with Crippen LogP contribution in [0.5, 0.6) is 0 Å². The summed E-state index contributed by atoms with van der Waals surface area (Å²) in [5, 5.41) is 10.3. The quantitative estimate of drug-likeness (QED) is 0.809. The van der Waals surface area contributed by atoms with E-state index in [1.807, 2.05) is 0 Å². The van der Waals surface area contributed by atoms with Gasteiger partial charge in [0.25, 0.3) is 6.43 Å². The van der Waals surface area contributed by atoms with Crippen LogP contribution in [-0.4, -0.2) is 38.5 Å². The average molecular weight is 341 g/mol. The molecule has 8 nitrogen and oxygen atoms in total. The van der Waals surface area contributed by atoms with Gasteiger partial charge in [0.2, 0.25) is 5.91 Å². The van der Waals surface area contributed by atoms with Gasteiger partial charge in [-0.1, -0.05) is 0 Å². The standard InChI is InChI=1S/C14H17F2N5O3/c1-4-20-6-9(12(19-20)14(23)24-3)17-11(22)7-21-10(13(15)16)5-8(2)18-21/h5-6,13H,4,7H2,1-3H3,(H,17,22). The van der Waals surface area contributed by atoms with E-state index in [0.29, 0.717) is 12.2 Å². The van der Waals surface area contributed by atoms with Gasteiger partial charge in [-0.15, -0.1) is 0 Å². The minimum absolute atomic E-state index is 0.0570. The van der Waals surface area contributed by atoms with Crippen LogP contribution in [0.1, 0.15) is 35.2 Å². The highest BCUT2D eigenvalue weighted by Gasteiger charge is 2.21. The van der Waals surface area contributed by atoms with Crippen molar-refractivity contribution < 1.29 is 23.1 Å². The molecule has 0 aliphatic rings. The second kappa shape index (κ2) is 7.20. The molecule has 0 spiro atoms. The number of hydrogen-bond acceptors (Lipinski definition) is 5. The SMILES string of the molecule is CCn1cc(NC(=O)Cn2nc(C)cc2C(F)F)c(C(=O)OC)n1. The van der Waals surface area contributed by atoms with Crippen molar-refractivity contribution in [3.8, 4) is 0 Å². The second-order valence-electron chi connectivity index (χ2n) is 4.96. The van der Waals surface area contributed by atoms with Gasteiger partial charge in [-0.05, 0) is 19.9 Å². The Kier molecular flexibility index (Phi) is 5.27. The molecule has 0 radical (unpaired) electrons. The summed E-state index contributed by atoms with van der Waals surface area (Å²) >= 11 is 0. The van der Waals surface area contributed by atoms with Gasteiger partial charge in [0.05, 0.1) is 18.5 Å². The van der Waals surface area contributed by atoms with Crippen LogP contribution in [0.4, 0.5) is 14.5 Å². The number of anilines is 1. The Morgan fingerprint density at radius 3 is 2.67 bits per heavy atom. The molecule has 130 valence electrons. The lowest BCUT2D eigenvalue weighted by atomic mass is 10.3. The third kappa shape index (κ3) is 3.76. The number of aromatic nitrogens is 4. The number of ether oxygens (including phenoxy) is 1. The summed E-state index contributed by atoms with van der Waals surface area (Å²) in [6.45, 7) is 3.43. The maximum atomic E-state index is 12.9. The van der Waals surface area contributed by atoms with Crippen molar-refractivity contribution in [2.45, 2.75) is 33.4 Å². The Morgan fingerprint density at radius 1 is 1.38 bits per heavy atom. The van der Waals surface area contributed by atoms with Crippen molar-refractivity contribution in [1.29, 1.82) is 0 Å². The lowest BCUT2D eigenvalue weighted by molar-refractivity contribution is -0.117. The number of alkyl halides is 2. The van der Waals surface area contributed by atoms with Crippen LogP contribution in [0.3, 0.4) is 0 Å². The summed E-state index contributed by atoms with van der Waals surface area (Å²) in [6, 6.07) is 1.22. The summed E-state index contributed by atoms with van der Waals surface area (Å²) in [5.74, 6) is -1.32. The van der Waals surface area contributed by atoms with E-state index in [1.54, 1.807) is 13.8 Å². The van der Waals surface area contributed by atoms with Gasteiger partial charge >= 0.3 is 5.97 Å². The highest BCUT2D eigenvalue weighted by atomic mass is 19.3. The molecule has 2 rings (SSSR count). The van der Waals surface area contributed by atoms with Crippen LogP contribution in [0.15, 0.2) is 12.3 Å². The number of halogens is 2. The van der Waals surface area contributed by atoms with Gasteiger partial charge < -0.3 is 10.1 Å². The third-order valence-corrected chi connectivity index (χ3v) is 3.19. The molecule has 2 aromatic rings. The van der Waals surface area contributed by atoms with Crippen LogP contribution < -0.4 is 5.32 Å². The average Bonchev–Trinajstić information content (AvgIpc) is 3.09. The van der Waals surface area contributed by atoms with Crippen LogP contribution in [0, 0.1) is 6.92 Å². The molecule has 0 atom stereocenters. The van der Waals surface area contributed by atoms with Gasteiger partial charge in [0.1, 0.15) is 12.2 Å². The van der Waals surface area contributed by atoms with Gasteiger partial charge in [-0.2, -0.15) is 10.2 Å². The molecule has 0 aromatic carbocycles. The molecule has 2 aromatic heterocycles. The summed E-state index contributed by atoms with van der Waals surface area (Å²) < 4.78 is 32.8. The highest BCUT2D eigenvalue weighted by Crippen LogP contribution is 2.20. The lowest BCUT2D eigenvalue weighted by Crippen LogP contribution is -2.22. The van der Waals surface area contributed by atoms with E-state index in [1.165, 1.54) is 24.1 Å². The Hall–Kier alpha value is -2.78. The first-order valence-corrected chi connectivity index (χ1v) is 7.13. The van der Waals surface area contributed by atoms with E-state index >= 15 is 0 Å². The fourth-order valence-corrected chi connectivity index (χ4v) is 2.12. The predicted molar refractivity (Wildman–Crippen MR) is 79.8 cm³/mol. The van der Waals surface area contributed by atoms with Crippen LogP contribution >= 0.6 is 0 Å². The van der Waals surface area contributed by atoms with E-state index in [4.69, 9.17) is 0 Å². The Bertz CT molecular complexity index is 754. The molecule has 0 unspecified atom stereocenters. The zero-order valence-electron chi connectivity index (χ0n) is 13.4. The maximum Gasteiger partial charge on any atom is 0.360 e. The number of nitrogens with zero attached hydrogens (tertiary/aromatic N) is 4. The third-order valence-electron chi connectivity index (χ3n) is 3.19. The fraction of sp³-hybridized carbons (Fsp3) is 0.429. The number of carbonyl (C=O) groups excluding carboxylic acids is 2. The first-order valence-electron chi connectivity index (χ1n) is 7.13. The van der Waals surface area contributed by atoms with Crippen LogP contribution in [0.2, 0.25) is 0 Å². The number of esters is 1. The van der Waals surface area contributed by atoms with Gasteiger partial charge in [0, 0.05) is 12.7 Å². The highest BCUT2D eigenvalue weighted by molar-refractivity contribution is 5.99. The van der Waals surface area contributed by atoms with Crippen molar-refractivity contribution in [3.05, 3.63) is 29.3 Å². The summed E-state index contributed by atoms with van der Waals surface area (Å²) in [6.07, 6.45) is -1.28. The predicted octanol–water partition coefficient (Wildman–Crippen LogP) is 1.77. The molecule has 24 heavy (non-hydrogen) atoms. The van der Waals surface area contributed by atoms with Crippen LogP contribution in [-0.2, 0) is 22.6 Å². The minimum Gasteiger partial charge on any atom is -0.464 e. The van der Waals surface area contributed by atoms with E-state index in [-0.39, 0.29) is 17.1 Å². The molecular weight excluding hydrogens is 324 g/mol.